The smallest absolute Gasteiger partial charge is 0.232 e. The lowest BCUT2D eigenvalue weighted by Crippen LogP contribution is -2.29. The SMILES string of the molecule is CSCC(=O)N(C)CCCBr. The lowest BCUT2D eigenvalue weighted by Gasteiger charge is -2.15. The molecule has 11 heavy (non-hydrogen) atoms. The highest BCUT2D eigenvalue weighted by Gasteiger charge is 2.05. The lowest BCUT2D eigenvalue weighted by atomic mass is 10.4. The van der Waals surface area contributed by atoms with Gasteiger partial charge in [0.25, 0.3) is 0 Å². The zero-order valence-electron chi connectivity index (χ0n) is 6.97. The van der Waals surface area contributed by atoms with E-state index in [1.54, 1.807) is 16.7 Å². The minimum Gasteiger partial charge on any atom is -0.345 e. The number of carbonyl (C=O) groups excluding carboxylic acids is 1. The van der Waals surface area contributed by atoms with E-state index in [1.165, 1.54) is 0 Å². The van der Waals surface area contributed by atoms with Gasteiger partial charge in [-0.3, -0.25) is 4.79 Å². The molecule has 0 atom stereocenters. The van der Waals surface area contributed by atoms with Gasteiger partial charge in [0.1, 0.15) is 0 Å². The first-order chi connectivity index (χ1) is 5.22. The summed E-state index contributed by atoms with van der Waals surface area (Å²) in [4.78, 5) is 12.9. The van der Waals surface area contributed by atoms with Gasteiger partial charge in [-0.2, -0.15) is 11.8 Å². The second kappa shape index (κ2) is 6.98. The molecule has 0 heterocycles. The summed E-state index contributed by atoms with van der Waals surface area (Å²) in [5, 5.41) is 0.962. The van der Waals surface area contributed by atoms with Crippen molar-refractivity contribution in [3.05, 3.63) is 0 Å². The normalized spacial score (nSPS) is 9.73. The van der Waals surface area contributed by atoms with Crippen LogP contribution in [0.25, 0.3) is 0 Å². The van der Waals surface area contributed by atoms with Crippen LogP contribution in [0.2, 0.25) is 0 Å². The van der Waals surface area contributed by atoms with Gasteiger partial charge in [0.2, 0.25) is 5.91 Å². The summed E-state index contributed by atoms with van der Waals surface area (Å²) < 4.78 is 0. The van der Waals surface area contributed by atoms with Crippen LogP contribution >= 0.6 is 27.7 Å². The van der Waals surface area contributed by atoms with E-state index in [9.17, 15) is 4.79 Å². The van der Waals surface area contributed by atoms with Gasteiger partial charge in [0.05, 0.1) is 5.75 Å². The number of carbonyl (C=O) groups is 1. The average Bonchev–Trinajstić information content (AvgIpc) is 2.00. The fraction of sp³-hybridized carbons (Fsp3) is 0.857. The molecule has 0 saturated heterocycles. The molecule has 0 spiro atoms. The zero-order valence-corrected chi connectivity index (χ0v) is 9.37. The molecule has 0 radical (unpaired) electrons. The summed E-state index contributed by atoms with van der Waals surface area (Å²) >= 11 is 4.89. The monoisotopic (exact) mass is 239 g/mol. The standard InChI is InChI=1S/C7H14BrNOS/c1-9(5-3-4-8)7(10)6-11-2/h3-6H2,1-2H3. The second-order valence-electron chi connectivity index (χ2n) is 2.29. The molecule has 0 unspecified atom stereocenters. The van der Waals surface area contributed by atoms with E-state index >= 15 is 0 Å². The van der Waals surface area contributed by atoms with E-state index in [1.807, 2.05) is 13.3 Å². The average molecular weight is 240 g/mol. The first-order valence-electron chi connectivity index (χ1n) is 3.51. The molecule has 0 aliphatic rings. The highest BCUT2D eigenvalue weighted by atomic mass is 79.9. The molecule has 66 valence electrons. The van der Waals surface area contributed by atoms with Crippen molar-refractivity contribution in [2.45, 2.75) is 6.42 Å². The summed E-state index contributed by atoms with van der Waals surface area (Å²) in [6.07, 6.45) is 2.97. The van der Waals surface area contributed by atoms with Crippen LogP contribution in [0, 0.1) is 0 Å². The van der Waals surface area contributed by atoms with Gasteiger partial charge in [-0.05, 0) is 12.7 Å². The van der Waals surface area contributed by atoms with Crippen LogP contribution in [0.4, 0.5) is 0 Å². The van der Waals surface area contributed by atoms with Crippen molar-refractivity contribution < 1.29 is 4.79 Å². The molecule has 0 fully saturated rings. The number of amides is 1. The molecule has 0 rings (SSSR count). The van der Waals surface area contributed by atoms with Crippen LogP contribution < -0.4 is 0 Å². The molecule has 0 aliphatic carbocycles. The maximum absolute atomic E-state index is 11.1. The summed E-state index contributed by atoms with van der Waals surface area (Å²) in [6.45, 7) is 0.852. The molecular formula is C7H14BrNOS. The number of hydrogen-bond donors (Lipinski definition) is 0. The predicted octanol–water partition coefficient (Wildman–Crippen LogP) is 1.59. The Kier molecular flexibility index (Phi) is 7.17. The van der Waals surface area contributed by atoms with Crippen LogP contribution in [-0.2, 0) is 4.79 Å². The molecule has 0 bridgehead atoms. The van der Waals surface area contributed by atoms with Crippen molar-refractivity contribution in [2.75, 3.05) is 30.9 Å². The summed E-state index contributed by atoms with van der Waals surface area (Å²) in [5.41, 5.74) is 0. The Labute approximate surface area is 80.8 Å². The van der Waals surface area contributed by atoms with Crippen molar-refractivity contribution in [1.82, 2.24) is 4.90 Å². The Hall–Kier alpha value is 0.300. The highest BCUT2D eigenvalue weighted by molar-refractivity contribution is 9.09. The Morgan fingerprint density at radius 3 is 2.73 bits per heavy atom. The van der Waals surface area contributed by atoms with E-state index in [0.29, 0.717) is 5.75 Å². The Bertz CT molecular complexity index is 121. The van der Waals surface area contributed by atoms with Crippen LogP contribution in [0.1, 0.15) is 6.42 Å². The lowest BCUT2D eigenvalue weighted by molar-refractivity contribution is -0.127. The third-order valence-electron chi connectivity index (χ3n) is 1.32. The second-order valence-corrected chi connectivity index (χ2v) is 3.95. The fourth-order valence-electron chi connectivity index (χ4n) is 0.655. The van der Waals surface area contributed by atoms with Gasteiger partial charge in [0.15, 0.2) is 0 Å². The fourth-order valence-corrected chi connectivity index (χ4v) is 1.37. The van der Waals surface area contributed by atoms with Crippen LogP contribution in [0.15, 0.2) is 0 Å². The van der Waals surface area contributed by atoms with Crippen molar-refractivity contribution in [3.63, 3.8) is 0 Å². The minimum absolute atomic E-state index is 0.221. The molecule has 4 heteroatoms. The molecule has 0 saturated carbocycles. The Balaban J connectivity index is 3.46. The zero-order chi connectivity index (χ0) is 8.69. The quantitative estimate of drug-likeness (QED) is 0.680. The van der Waals surface area contributed by atoms with Crippen molar-refractivity contribution in [3.8, 4) is 0 Å². The van der Waals surface area contributed by atoms with E-state index in [2.05, 4.69) is 15.9 Å². The Morgan fingerprint density at radius 2 is 2.27 bits per heavy atom. The predicted molar refractivity (Wildman–Crippen MR) is 54.4 cm³/mol. The van der Waals surface area contributed by atoms with Gasteiger partial charge in [-0.1, -0.05) is 15.9 Å². The van der Waals surface area contributed by atoms with Gasteiger partial charge < -0.3 is 4.90 Å². The molecule has 0 N–H and O–H groups in total. The van der Waals surface area contributed by atoms with Gasteiger partial charge in [-0.25, -0.2) is 0 Å². The number of nitrogens with zero attached hydrogens (tertiary/aromatic N) is 1. The summed E-state index contributed by atoms with van der Waals surface area (Å²) in [5.74, 6) is 0.817. The van der Waals surface area contributed by atoms with Gasteiger partial charge in [0, 0.05) is 18.9 Å². The highest BCUT2D eigenvalue weighted by Crippen LogP contribution is 1.97. The van der Waals surface area contributed by atoms with Gasteiger partial charge in [-0.15, -0.1) is 0 Å². The summed E-state index contributed by atoms with van der Waals surface area (Å²) in [7, 11) is 1.85. The first-order valence-corrected chi connectivity index (χ1v) is 6.02. The largest absolute Gasteiger partial charge is 0.345 e. The third kappa shape index (κ3) is 5.56. The molecule has 0 aliphatic heterocycles. The van der Waals surface area contributed by atoms with Crippen molar-refractivity contribution in [2.24, 2.45) is 0 Å². The topological polar surface area (TPSA) is 20.3 Å². The Morgan fingerprint density at radius 1 is 1.64 bits per heavy atom. The molecule has 2 nitrogen and oxygen atoms in total. The molecule has 0 aromatic rings. The number of halogens is 1. The maximum Gasteiger partial charge on any atom is 0.232 e. The number of thioether (sulfide) groups is 1. The minimum atomic E-state index is 0.221. The molecule has 0 aromatic carbocycles. The van der Waals surface area contributed by atoms with Crippen molar-refractivity contribution >= 4 is 33.6 Å². The molecule has 1 amide bonds. The van der Waals surface area contributed by atoms with E-state index in [0.717, 1.165) is 18.3 Å². The summed E-state index contributed by atoms with van der Waals surface area (Å²) in [6, 6.07) is 0. The first kappa shape index (κ1) is 11.3. The van der Waals surface area contributed by atoms with Crippen LogP contribution in [0.5, 0.6) is 0 Å². The third-order valence-corrected chi connectivity index (χ3v) is 2.42. The maximum atomic E-state index is 11.1. The van der Waals surface area contributed by atoms with Crippen LogP contribution in [-0.4, -0.2) is 41.7 Å². The van der Waals surface area contributed by atoms with Crippen molar-refractivity contribution in [1.29, 1.82) is 0 Å². The van der Waals surface area contributed by atoms with E-state index in [-0.39, 0.29) is 5.91 Å². The van der Waals surface area contributed by atoms with Gasteiger partial charge >= 0.3 is 0 Å². The molecule has 0 aromatic heterocycles. The molecular weight excluding hydrogens is 226 g/mol. The van der Waals surface area contributed by atoms with Crippen LogP contribution in [0.3, 0.4) is 0 Å². The van der Waals surface area contributed by atoms with E-state index in [4.69, 9.17) is 0 Å². The number of hydrogen-bond acceptors (Lipinski definition) is 2. The number of rotatable bonds is 5. The van der Waals surface area contributed by atoms with E-state index < -0.39 is 0 Å². The number of alkyl halides is 1.